The van der Waals surface area contributed by atoms with Gasteiger partial charge >= 0.3 is 0 Å². The van der Waals surface area contributed by atoms with Gasteiger partial charge in [-0.25, -0.2) is 4.98 Å². The number of anilines is 2. The van der Waals surface area contributed by atoms with Gasteiger partial charge in [0.25, 0.3) is 0 Å². The lowest BCUT2D eigenvalue weighted by Crippen LogP contribution is -2.13. The fourth-order valence-electron chi connectivity index (χ4n) is 1.72. The van der Waals surface area contributed by atoms with Gasteiger partial charge in [-0.1, -0.05) is 34.1 Å². The van der Waals surface area contributed by atoms with Crippen molar-refractivity contribution in [3.8, 4) is 0 Å². The predicted octanol–water partition coefficient (Wildman–Crippen LogP) is 3.52. The summed E-state index contributed by atoms with van der Waals surface area (Å²) in [5.41, 5.74) is 2.27. The van der Waals surface area contributed by atoms with Gasteiger partial charge in [0.1, 0.15) is 0 Å². The molecule has 0 radical (unpaired) electrons. The van der Waals surface area contributed by atoms with Crippen LogP contribution in [0, 0.1) is 0 Å². The van der Waals surface area contributed by atoms with E-state index in [1.807, 2.05) is 49.3 Å². The number of hydrogen-bond acceptors (Lipinski definition) is 3. The summed E-state index contributed by atoms with van der Waals surface area (Å²) in [6.45, 7) is 0.772. The van der Waals surface area contributed by atoms with Crippen molar-refractivity contribution in [2.45, 2.75) is 6.54 Å². The molecule has 0 aliphatic heterocycles. The first-order chi connectivity index (χ1) is 8.68. The maximum Gasteiger partial charge on any atom is 0.151 e. The molecule has 0 amide bonds. The van der Waals surface area contributed by atoms with E-state index in [0.717, 1.165) is 22.5 Å². The predicted molar refractivity (Wildman–Crippen MR) is 80.0 cm³/mol. The van der Waals surface area contributed by atoms with Crippen LogP contribution in [-0.4, -0.2) is 19.1 Å². The Morgan fingerprint density at radius 3 is 2.67 bits per heavy atom. The summed E-state index contributed by atoms with van der Waals surface area (Å²) in [4.78, 5) is 6.37. The minimum absolute atomic E-state index is 0.772. The number of hydrogen-bond donors (Lipinski definition) is 1. The largest absolute Gasteiger partial charge is 0.378 e. The van der Waals surface area contributed by atoms with Gasteiger partial charge in [-0.2, -0.15) is 0 Å². The molecular weight excluding hydrogens is 290 g/mol. The average molecular weight is 306 g/mol. The summed E-state index contributed by atoms with van der Waals surface area (Å²) in [6.07, 6.45) is 1.80. The Bertz CT molecular complexity index is 526. The van der Waals surface area contributed by atoms with E-state index in [2.05, 4.69) is 32.3 Å². The van der Waals surface area contributed by atoms with Crippen molar-refractivity contribution < 1.29 is 0 Å². The Labute approximate surface area is 116 Å². The van der Waals surface area contributed by atoms with Crippen molar-refractivity contribution in [2.24, 2.45) is 0 Å². The molecule has 3 nitrogen and oxygen atoms in total. The van der Waals surface area contributed by atoms with Crippen molar-refractivity contribution >= 4 is 27.4 Å². The third-order valence-corrected chi connectivity index (χ3v) is 3.41. The Hall–Kier alpha value is -1.55. The van der Waals surface area contributed by atoms with Crippen LogP contribution in [0.4, 0.5) is 11.5 Å². The summed E-state index contributed by atoms with van der Waals surface area (Å²) in [7, 11) is 3.98. The molecule has 0 bridgehead atoms. The second-order valence-electron chi connectivity index (χ2n) is 4.21. The number of rotatable bonds is 4. The lowest BCUT2D eigenvalue weighted by Gasteiger charge is -2.17. The Balaban J connectivity index is 2.14. The SMILES string of the molecule is CN(C)c1ncccc1NCc1ccccc1Br. The number of nitrogens with one attached hydrogen (secondary N) is 1. The highest BCUT2D eigenvalue weighted by Gasteiger charge is 2.05. The van der Waals surface area contributed by atoms with Crippen molar-refractivity contribution in [3.05, 3.63) is 52.6 Å². The maximum atomic E-state index is 4.36. The van der Waals surface area contributed by atoms with E-state index in [0.29, 0.717) is 0 Å². The lowest BCUT2D eigenvalue weighted by molar-refractivity contribution is 1.05. The van der Waals surface area contributed by atoms with E-state index >= 15 is 0 Å². The first-order valence-corrected chi connectivity index (χ1v) is 6.57. The number of halogens is 1. The molecule has 18 heavy (non-hydrogen) atoms. The Morgan fingerprint density at radius 2 is 1.94 bits per heavy atom. The highest BCUT2D eigenvalue weighted by Crippen LogP contribution is 2.22. The van der Waals surface area contributed by atoms with Crippen LogP contribution in [0.15, 0.2) is 47.1 Å². The Kier molecular flexibility index (Phi) is 4.20. The molecular formula is C14H16BrN3. The molecule has 0 unspecified atom stereocenters. The van der Waals surface area contributed by atoms with Crippen molar-refractivity contribution in [1.82, 2.24) is 4.98 Å². The molecule has 0 aliphatic rings. The molecule has 0 aliphatic carbocycles. The molecule has 0 saturated carbocycles. The van der Waals surface area contributed by atoms with Gasteiger partial charge < -0.3 is 10.2 Å². The summed E-state index contributed by atoms with van der Waals surface area (Å²) >= 11 is 3.55. The number of aromatic nitrogens is 1. The zero-order valence-electron chi connectivity index (χ0n) is 10.5. The smallest absolute Gasteiger partial charge is 0.151 e. The van der Waals surface area contributed by atoms with Crippen molar-refractivity contribution in [2.75, 3.05) is 24.3 Å². The highest BCUT2D eigenvalue weighted by atomic mass is 79.9. The molecule has 0 fully saturated rings. The zero-order chi connectivity index (χ0) is 13.0. The average Bonchev–Trinajstić information content (AvgIpc) is 2.38. The molecule has 1 heterocycles. The van der Waals surface area contributed by atoms with Crippen LogP contribution in [0.25, 0.3) is 0 Å². The van der Waals surface area contributed by atoms with E-state index < -0.39 is 0 Å². The van der Waals surface area contributed by atoms with E-state index in [9.17, 15) is 0 Å². The van der Waals surface area contributed by atoms with Gasteiger partial charge in [-0.15, -0.1) is 0 Å². The van der Waals surface area contributed by atoms with Gasteiger partial charge in [0.15, 0.2) is 5.82 Å². The maximum absolute atomic E-state index is 4.36. The standard InChI is InChI=1S/C14H16BrN3/c1-18(2)14-13(8-5-9-16-14)17-10-11-6-3-4-7-12(11)15/h3-9,17H,10H2,1-2H3. The number of pyridine rings is 1. The molecule has 2 aromatic rings. The third kappa shape index (κ3) is 3.01. The molecule has 2 rings (SSSR count). The van der Waals surface area contributed by atoms with E-state index in [4.69, 9.17) is 0 Å². The molecule has 1 aromatic heterocycles. The molecule has 0 spiro atoms. The number of benzene rings is 1. The lowest BCUT2D eigenvalue weighted by atomic mass is 10.2. The zero-order valence-corrected chi connectivity index (χ0v) is 12.1. The van der Waals surface area contributed by atoms with Gasteiger partial charge in [0.2, 0.25) is 0 Å². The Morgan fingerprint density at radius 1 is 1.17 bits per heavy atom. The van der Waals surface area contributed by atoms with E-state index in [-0.39, 0.29) is 0 Å². The topological polar surface area (TPSA) is 28.2 Å². The highest BCUT2D eigenvalue weighted by molar-refractivity contribution is 9.10. The van der Waals surface area contributed by atoms with Gasteiger partial charge in [-0.3, -0.25) is 0 Å². The second kappa shape index (κ2) is 5.87. The van der Waals surface area contributed by atoms with Gasteiger partial charge in [0, 0.05) is 31.3 Å². The molecule has 0 atom stereocenters. The summed E-state index contributed by atoms with van der Waals surface area (Å²) in [5.74, 6) is 0.949. The molecule has 0 saturated heterocycles. The first kappa shape index (κ1) is 12.9. The second-order valence-corrected chi connectivity index (χ2v) is 5.07. The van der Waals surface area contributed by atoms with Gasteiger partial charge in [-0.05, 0) is 23.8 Å². The monoisotopic (exact) mass is 305 g/mol. The number of nitrogens with zero attached hydrogens (tertiary/aromatic N) is 2. The van der Waals surface area contributed by atoms with Gasteiger partial charge in [0.05, 0.1) is 5.69 Å². The fourth-order valence-corrected chi connectivity index (χ4v) is 2.15. The molecule has 1 N–H and O–H groups in total. The quantitative estimate of drug-likeness (QED) is 0.937. The van der Waals surface area contributed by atoms with Crippen LogP contribution >= 0.6 is 15.9 Å². The van der Waals surface area contributed by atoms with E-state index in [1.165, 1.54) is 5.56 Å². The normalized spacial score (nSPS) is 10.2. The summed E-state index contributed by atoms with van der Waals surface area (Å²) in [5, 5.41) is 3.42. The summed E-state index contributed by atoms with van der Waals surface area (Å²) in [6, 6.07) is 12.2. The van der Waals surface area contributed by atoms with Crippen LogP contribution in [0.2, 0.25) is 0 Å². The first-order valence-electron chi connectivity index (χ1n) is 5.78. The molecule has 94 valence electrons. The minimum atomic E-state index is 0.772. The fraction of sp³-hybridized carbons (Fsp3) is 0.214. The third-order valence-electron chi connectivity index (χ3n) is 2.64. The van der Waals surface area contributed by atoms with Crippen LogP contribution in [0.1, 0.15) is 5.56 Å². The minimum Gasteiger partial charge on any atom is -0.378 e. The summed E-state index contributed by atoms with van der Waals surface area (Å²) < 4.78 is 1.12. The van der Waals surface area contributed by atoms with Crippen LogP contribution in [0.5, 0.6) is 0 Å². The van der Waals surface area contributed by atoms with Crippen LogP contribution in [-0.2, 0) is 6.54 Å². The van der Waals surface area contributed by atoms with Crippen LogP contribution < -0.4 is 10.2 Å². The van der Waals surface area contributed by atoms with Crippen LogP contribution in [0.3, 0.4) is 0 Å². The molecule has 4 heteroatoms. The van der Waals surface area contributed by atoms with Crippen molar-refractivity contribution in [1.29, 1.82) is 0 Å². The van der Waals surface area contributed by atoms with Crippen molar-refractivity contribution in [3.63, 3.8) is 0 Å². The van der Waals surface area contributed by atoms with E-state index in [1.54, 1.807) is 6.20 Å². The molecule has 1 aromatic carbocycles.